The van der Waals surface area contributed by atoms with E-state index in [4.69, 9.17) is 0 Å². The van der Waals surface area contributed by atoms with E-state index in [0.717, 1.165) is 58.4 Å². The minimum atomic E-state index is 0.0710. The molecule has 4 heterocycles. The molecule has 0 unspecified atom stereocenters. The van der Waals surface area contributed by atoms with Crippen LogP contribution in [0, 0.1) is 17.3 Å². The molecule has 2 amide bonds. The molecule has 3 atom stereocenters. The molecule has 0 aromatic carbocycles. The van der Waals surface area contributed by atoms with Gasteiger partial charge in [0.05, 0.1) is 0 Å². The Balaban J connectivity index is 1.32. The zero-order valence-electron chi connectivity index (χ0n) is 17.5. The van der Waals surface area contributed by atoms with E-state index in [1.165, 1.54) is 12.8 Å². The molecule has 5 nitrogen and oxygen atoms in total. The van der Waals surface area contributed by atoms with Crippen LogP contribution in [-0.2, 0) is 9.59 Å². The molecule has 0 aliphatic carbocycles. The maximum atomic E-state index is 12.5. The molecule has 4 saturated heterocycles. The van der Waals surface area contributed by atoms with E-state index < -0.39 is 0 Å². The molecule has 0 N–H and O–H groups in total. The Hall–Kier alpha value is -1.10. The summed E-state index contributed by atoms with van der Waals surface area (Å²) in [4.78, 5) is 31.9. The highest BCUT2D eigenvalue weighted by Crippen LogP contribution is 2.39. The minimum absolute atomic E-state index is 0.0710. The van der Waals surface area contributed by atoms with E-state index >= 15 is 0 Å². The highest BCUT2D eigenvalue weighted by Gasteiger charge is 2.45. The van der Waals surface area contributed by atoms with Gasteiger partial charge >= 0.3 is 0 Å². The lowest BCUT2D eigenvalue weighted by molar-refractivity contribution is -0.146. The van der Waals surface area contributed by atoms with Crippen molar-refractivity contribution >= 4 is 11.8 Å². The third-order valence-corrected chi connectivity index (χ3v) is 7.22. The van der Waals surface area contributed by atoms with Crippen molar-refractivity contribution < 1.29 is 9.59 Å². The Morgan fingerprint density at radius 3 is 2.52 bits per heavy atom. The number of hydrogen-bond donors (Lipinski definition) is 0. The van der Waals surface area contributed by atoms with Crippen LogP contribution >= 0.6 is 0 Å². The number of piperidine rings is 4. The molecule has 4 rings (SSSR count). The van der Waals surface area contributed by atoms with Gasteiger partial charge in [0.2, 0.25) is 11.8 Å². The topological polar surface area (TPSA) is 43.9 Å². The van der Waals surface area contributed by atoms with Gasteiger partial charge in [0.25, 0.3) is 0 Å². The first-order valence-corrected chi connectivity index (χ1v) is 11.1. The molecule has 2 bridgehead atoms. The average molecular weight is 376 g/mol. The Morgan fingerprint density at radius 1 is 1.07 bits per heavy atom. The van der Waals surface area contributed by atoms with Crippen molar-refractivity contribution in [3.63, 3.8) is 0 Å². The third kappa shape index (κ3) is 4.18. The molecule has 0 aromatic heterocycles. The van der Waals surface area contributed by atoms with Gasteiger partial charge in [-0.3, -0.25) is 14.5 Å². The smallest absolute Gasteiger partial charge is 0.223 e. The Kier molecular flexibility index (Phi) is 5.26. The number of rotatable bonds is 2. The van der Waals surface area contributed by atoms with Crippen molar-refractivity contribution in [2.24, 2.45) is 17.3 Å². The highest BCUT2D eigenvalue weighted by atomic mass is 16.2. The van der Waals surface area contributed by atoms with Crippen molar-refractivity contribution in [2.45, 2.75) is 77.8 Å². The zero-order chi connectivity index (χ0) is 19.2. The lowest BCUT2D eigenvalue weighted by Gasteiger charge is -2.54. The first-order valence-electron chi connectivity index (χ1n) is 11.1. The molecule has 0 spiro atoms. The number of carbonyl (C=O) groups is 2. The van der Waals surface area contributed by atoms with Crippen LogP contribution in [0.3, 0.4) is 0 Å². The summed E-state index contributed by atoms with van der Waals surface area (Å²) in [5.74, 6) is 2.05. The van der Waals surface area contributed by atoms with Gasteiger partial charge < -0.3 is 9.80 Å². The number of hydrogen-bond acceptors (Lipinski definition) is 3. The van der Waals surface area contributed by atoms with E-state index in [1.807, 2.05) is 0 Å². The molecule has 0 saturated carbocycles. The first kappa shape index (κ1) is 19.2. The second-order valence-electron chi connectivity index (χ2n) is 10.7. The standard InChI is InChI=1S/C22H37N3O2/c1-22(2,3)12-21(27)23-9-7-18(8-10-23)24-13-16-11-17(15-24)19-5-4-6-20(26)25(19)14-16/h16-19H,4-15H2,1-3H3/t16-,17-,19-/m1/s1. The first-order chi connectivity index (χ1) is 12.8. The van der Waals surface area contributed by atoms with Crippen LogP contribution in [0.4, 0.5) is 0 Å². The molecule has 0 radical (unpaired) electrons. The number of carbonyl (C=O) groups excluding carboxylic acids is 2. The molecule has 27 heavy (non-hydrogen) atoms. The van der Waals surface area contributed by atoms with Crippen LogP contribution < -0.4 is 0 Å². The van der Waals surface area contributed by atoms with E-state index in [1.54, 1.807) is 0 Å². The molecular formula is C22H37N3O2. The van der Waals surface area contributed by atoms with Crippen molar-refractivity contribution in [3.05, 3.63) is 0 Å². The molecule has 0 aromatic rings. The molecule has 152 valence electrons. The number of likely N-dealkylation sites (tertiary alicyclic amines) is 2. The van der Waals surface area contributed by atoms with Crippen molar-refractivity contribution in [3.8, 4) is 0 Å². The number of amides is 2. The van der Waals surface area contributed by atoms with Gasteiger partial charge in [-0.05, 0) is 49.4 Å². The van der Waals surface area contributed by atoms with Crippen LogP contribution in [0.25, 0.3) is 0 Å². The van der Waals surface area contributed by atoms with Gasteiger partial charge in [0, 0.05) is 57.6 Å². The predicted molar refractivity (Wildman–Crippen MR) is 106 cm³/mol. The fraction of sp³-hybridized carbons (Fsp3) is 0.909. The Labute approximate surface area is 164 Å². The quantitative estimate of drug-likeness (QED) is 0.745. The van der Waals surface area contributed by atoms with Crippen LogP contribution in [0.1, 0.15) is 65.7 Å². The monoisotopic (exact) mass is 375 g/mol. The average Bonchev–Trinajstić information content (AvgIpc) is 2.61. The molecule has 5 heteroatoms. The fourth-order valence-corrected chi connectivity index (χ4v) is 5.99. The van der Waals surface area contributed by atoms with Gasteiger partial charge in [-0.15, -0.1) is 0 Å². The largest absolute Gasteiger partial charge is 0.343 e. The van der Waals surface area contributed by atoms with Gasteiger partial charge in [-0.1, -0.05) is 20.8 Å². The molecule has 4 aliphatic heterocycles. The van der Waals surface area contributed by atoms with E-state index in [-0.39, 0.29) is 5.41 Å². The lowest BCUT2D eigenvalue weighted by Crippen LogP contribution is -2.62. The van der Waals surface area contributed by atoms with Gasteiger partial charge in [-0.25, -0.2) is 0 Å². The summed E-state index contributed by atoms with van der Waals surface area (Å²) >= 11 is 0. The van der Waals surface area contributed by atoms with Crippen LogP contribution in [-0.4, -0.2) is 71.3 Å². The van der Waals surface area contributed by atoms with Crippen LogP contribution in [0.5, 0.6) is 0 Å². The second kappa shape index (κ2) is 7.38. The van der Waals surface area contributed by atoms with Crippen LogP contribution in [0.2, 0.25) is 0 Å². The summed E-state index contributed by atoms with van der Waals surface area (Å²) in [6.45, 7) is 11.5. The summed E-state index contributed by atoms with van der Waals surface area (Å²) in [6, 6.07) is 1.12. The van der Waals surface area contributed by atoms with Crippen molar-refractivity contribution in [1.29, 1.82) is 0 Å². The molecular weight excluding hydrogens is 338 g/mol. The Bertz CT molecular complexity index is 577. The summed E-state index contributed by atoms with van der Waals surface area (Å²) in [5, 5.41) is 0. The molecule has 4 aliphatic rings. The number of nitrogens with zero attached hydrogens (tertiary/aromatic N) is 3. The highest BCUT2D eigenvalue weighted by molar-refractivity contribution is 5.77. The maximum absolute atomic E-state index is 12.5. The van der Waals surface area contributed by atoms with E-state index in [2.05, 4.69) is 35.5 Å². The Morgan fingerprint density at radius 2 is 1.81 bits per heavy atom. The maximum Gasteiger partial charge on any atom is 0.223 e. The van der Waals surface area contributed by atoms with E-state index in [9.17, 15) is 9.59 Å². The normalized spacial score (nSPS) is 33.1. The summed E-state index contributed by atoms with van der Waals surface area (Å²) < 4.78 is 0. The summed E-state index contributed by atoms with van der Waals surface area (Å²) in [6.07, 6.45) is 7.24. The lowest BCUT2D eigenvalue weighted by atomic mass is 9.75. The minimum Gasteiger partial charge on any atom is -0.343 e. The predicted octanol–water partition coefficient (Wildman–Crippen LogP) is 2.75. The zero-order valence-corrected chi connectivity index (χ0v) is 17.5. The van der Waals surface area contributed by atoms with E-state index in [0.29, 0.717) is 42.2 Å². The van der Waals surface area contributed by atoms with Gasteiger partial charge in [0.1, 0.15) is 0 Å². The SMILES string of the molecule is CC(C)(C)CC(=O)N1CCC(N2C[C@H]3C[C@H](C2)[C@H]2CCCC(=O)N2C3)CC1. The second-order valence-corrected chi connectivity index (χ2v) is 10.7. The van der Waals surface area contributed by atoms with Crippen LogP contribution in [0.15, 0.2) is 0 Å². The third-order valence-electron chi connectivity index (χ3n) is 7.22. The van der Waals surface area contributed by atoms with Crippen molar-refractivity contribution in [1.82, 2.24) is 14.7 Å². The summed E-state index contributed by atoms with van der Waals surface area (Å²) in [7, 11) is 0. The molecule has 4 fully saturated rings. The number of fused-ring (bicyclic) bond motifs is 4. The van der Waals surface area contributed by atoms with Gasteiger partial charge in [-0.2, -0.15) is 0 Å². The fourth-order valence-electron chi connectivity index (χ4n) is 5.99. The van der Waals surface area contributed by atoms with Crippen molar-refractivity contribution in [2.75, 3.05) is 32.7 Å². The van der Waals surface area contributed by atoms with Gasteiger partial charge in [0.15, 0.2) is 0 Å². The summed E-state index contributed by atoms with van der Waals surface area (Å²) in [5.41, 5.74) is 0.0710.